The Hall–Kier alpha value is -2.07. The van der Waals surface area contributed by atoms with Gasteiger partial charge in [0.05, 0.1) is 6.42 Å². The molecule has 92 valence electrons. The molecule has 0 radical (unpaired) electrons. The number of rotatable bonds is 3. The number of aromatic nitrogens is 1. The average molecular weight is 264 g/mol. The Morgan fingerprint density at radius 1 is 1.17 bits per heavy atom. The highest BCUT2D eigenvalue weighted by Gasteiger charge is 2.06. The number of carboxylic acids is 1. The first-order valence-electron chi connectivity index (χ1n) is 5.26. The second-order valence-electron chi connectivity index (χ2n) is 3.80. The topological polar surface area (TPSA) is 70.2 Å². The quantitative estimate of drug-likeness (QED) is 0.893. The standard InChI is InChI=1S/C13H10ClNO3/c14-10-4-1-8(2-5-10)11-6-3-9(7-12(16)17)13(18)15-11/h1-6H,7H2,(H,15,18)(H,16,17). The third-order valence-electron chi connectivity index (χ3n) is 2.49. The molecule has 1 heterocycles. The highest BCUT2D eigenvalue weighted by molar-refractivity contribution is 6.30. The van der Waals surface area contributed by atoms with Crippen LogP contribution in [-0.4, -0.2) is 16.1 Å². The van der Waals surface area contributed by atoms with Gasteiger partial charge in [-0.2, -0.15) is 0 Å². The molecule has 0 spiro atoms. The summed E-state index contributed by atoms with van der Waals surface area (Å²) in [5.41, 5.74) is 1.30. The SMILES string of the molecule is O=C(O)Cc1ccc(-c2ccc(Cl)cc2)[nH]c1=O. The van der Waals surface area contributed by atoms with E-state index in [9.17, 15) is 9.59 Å². The Labute approximate surface area is 108 Å². The van der Waals surface area contributed by atoms with E-state index in [2.05, 4.69) is 4.98 Å². The normalized spacial score (nSPS) is 10.3. The third kappa shape index (κ3) is 2.78. The zero-order valence-electron chi connectivity index (χ0n) is 9.31. The van der Waals surface area contributed by atoms with Crippen LogP contribution in [0, 0.1) is 0 Å². The lowest BCUT2D eigenvalue weighted by atomic mass is 10.1. The third-order valence-corrected chi connectivity index (χ3v) is 2.74. The van der Waals surface area contributed by atoms with Gasteiger partial charge in [-0.3, -0.25) is 9.59 Å². The van der Waals surface area contributed by atoms with Crippen molar-refractivity contribution in [1.29, 1.82) is 0 Å². The fraction of sp³-hybridized carbons (Fsp3) is 0.0769. The van der Waals surface area contributed by atoms with E-state index in [1.807, 2.05) is 0 Å². The second-order valence-corrected chi connectivity index (χ2v) is 4.24. The first-order valence-corrected chi connectivity index (χ1v) is 5.64. The van der Waals surface area contributed by atoms with E-state index in [-0.39, 0.29) is 17.5 Å². The fourth-order valence-electron chi connectivity index (χ4n) is 1.60. The maximum Gasteiger partial charge on any atom is 0.308 e. The van der Waals surface area contributed by atoms with Crippen molar-refractivity contribution in [3.63, 3.8) is 0 Å². The summed E-state index contributed by atoms with van der Waals surface area (Å²) >= 11 is 5.78. The molecule has 1 aromatic heterocycles. The number of nitrogens with one attached hydrogen (secondary N) is 1. The van der Waals surface area contributed by atoms with Gasteiger partial charge in [0.2, 0.25) is 0 Å². The van der Waals surface area contributed by atoms with Gasteiger partial charge in [-0.1, -0.05) is 29.8 Å². The summed E-state index contributed by atoms with van der Waals surface area (Å²) in [7, 11) is 0. The van der Waals surface area contributed by atoms with Crippen molar-refractivity contribution < 1.29 is 9.90 Å². The summed E-state index contributed by atoms with van der Waals surface area (Å²) in [6.07, 6.45) is -0.282. The average Bonchev–Trinajstić information content (AvgIpc) is 2.32. The number of hydrogen-bond donors (Lipinski definition) is 2. The van der Waals surface area contributed by atoms with Crippen LogP contribution in [0.1, 0.15) is 5.56 Å². The first-order chi connectivity index (χ1) is 8.56. The van der Waals surface area contributed by atoms with Crippen molar-refractivity contribution in [2.45, 2.75) is 6.42 Å². The van der Waals surface area contributed by atoms with Gasteiger partial charge in [-0.15, -0.1) is 0 Å². The van der Waals surface area contributed by atoms with Crippen LogP contribution >= 0.6 is 11.6 Å². The molecule has 18 heavy (non-hydrogen) atoms. The Morgan fingerprint density at radius 3 is 2.39 bits per heavy atom. The summed E-state index contributed by atoms with van der Waals surface area (Å²) in [4.78, 5) is 24.9. The minimum Gasteiger partial charge on any atom is -0.481 e. The van der Waals surface area contributed by atoms with Crippen molar-refractivity contribution in [2.24, 2.45) is 0 Å². The van der Waals surface area contributed by atoms with Crippen LogP contribution in [-0.2, 0) is 11.2 Å². The molecule has 0 amide bonds. The van der Waals surface area contributed by atoms with E-state index in [0.717, 1.165) is 5.56 Å². The summed E-state index contributed by atoms with van der Waals surface area (Å²) in [6.45, 7) is 0. The van der Waals surface area contributed by atoms with E-state index in [1.165, 1.54) is 6.07 Å². The summed E-state index contributed by atoms with van der Waals surface area (Å²) < 4.78 is 0. The molecule has 0 fully saturated rings. The maximum absolute atomic E-state index is 11.7. The Bertz CT molecular complexity index is 631. The van der Waals surface area contributed by atoms with Gasteiger partial charge in [0.15, 0.2) is 0 Å². The molecule has 5 heteroatoms. The van der Waals surface area contributed by atoms with Crippen molar-refractivity contribution >= 4 is 17.6 Å². The van der Waals surface area contributed by atoms with Crippen LogP contribution in [0.25, 0.3) is 11.3 Å². The number of pyridine rings is 1. The van der Waals surface area contributed by atoms with Crippen molar-refractivity contribution in [3.05, 3.63) is 57.3 Å². The van der Waals surface area contributed by atoms with Gasteiger partial charge in [0.25, 0.3) is 5.56 Å². The Kier molecular flexibility index (Phi) is 3.48. The number of halogens is 1. The molecule has 0 aliphatic carbocycles. The number of benzene rings is 1. The minimum atomic E-state index is -1.03. The van der Waals surface area contributed by atoms with Crippen LogP contribution in [0.4, 0.5) is 0 Å². The number of H-pyrrole nitrogens is 1. The molecule has 0 atom stereocenters. The summed E-state index contributed by atoms with van der Waals surface area (Å²) in [5.74, 6) is -1.03. The van der Waals surface area contributed by atoms with Gasteiger partial charge in [-0.25, -0.2) is 0 Å². The molecular formula is C13H10ClNO3. The van der Waals surface area contributed by atoms with Gasteiger partial charge in [-0.05, 0) is 23.8 Å². The molecule has 0 bridgehead atoms. The molecule has 2 rings (SSSR count). The van der Waals surface area contributed by atoms with Gasteiger partial charge in [0, 0.05) is 16.3 Å². The monoisotopic (exact) mass is 263 g/mol. The molecule has 1 aromatic carbocycles. The fourth-order valence-corrected chi connectivity index (χ4v) is 1.73. The van der Waals surface area contributed by atoms with E-state index >= 15 is 0 Å². The number of aliphatic carboxylic acids is 1. The predicted molar refractivity (Wildman–Crippen MR) is 68.8 cm³/mol. The number of carboxylic acid groups (broad SMARTS) is 1. The molecule has 4 nitrogen and oxygen atoms in total. The molecule has 0 saturated carbocycles. The predicted octanol–water partition coefficient (Wildman–Crippen LogP) is 2.32. The zero-order chi connectivity index (χ0) is 13.1. The lowest BCUT2D eigenvalue weighted by Crippen LogP contribution is -2.16. The molecule has 0 aliphatic heterocycles. The zero-order valence-corrected chi connectivity index (χ0v) is 10.1. The summed E-state index contributed by atoms with van der Waals surface area (Å²) in [6, 6.07) is 10.2. The van der Waals surface area contributed by atoms with Gasteiger partial charge >= 0.3 is 5.97 Å². The lowest BCUT2D eigenvalue weighted by molar-refractivity contribution is -0.136. The van der Waals surface area contributed by atoms with Crippen molar-refractivity contribution in [2.75, 3.05) is 0 Å². The van der Waals surface area contributed by atoms with E-state index in [4.69, 9.17) is 16.7 Å². The van der Waals surface area contributed by atoms with Crippen LogP contribution < -0.4 is 5.56 Å². The number of hydrogen-bond acceptors (Lipinski definition) is 2. The molecule has 0 unspecified atom stereocenters. The maximum atomic E-state index is 11.7. The second kappa shape index (κ2) is 5.06. The molecular weight excluding hydrogens is 254 g/mol. The highest BCUT2D eigenvalue weighted by atomic mass is 35.5. The lowest BCUT2D eigenvalue weighted by Gasteiger charge is -2.03. The first kappa shape index (κ1) is 12.4. The molecule has 0 saturated heterocycles. The Balaban J connectivity index is 2.37. The highest BCUT2D eigenvalue weighted by Crippen LogP contribution is 2.18. The van der Waals surface area contributed by atoms with Crippen molar-refractivity contribution in [1.82, 2.24) is 4.98 Å². The molecule has 2 N–H and O–H groups in total. The van der Waals surface area contributed by atoms with Crippen LogP contribution in [0.5, 0.6) is 0 Å². The number of carbonyl (C=O) groups is 1. The van der Waals surface area contributed by atoms with Crippen LogP contribution in [0.15, 0.2) is 41.2 Å². The smallest absolute Gasteiger partial charge is 0.308 e. The van der Waals surface area contributed by atoms with Crippen molar-refractivity contribution in [3.8, 4) is 11.3 Å². The van der Waals surface area contributed by atoms with Crippen LogP contribution in [0.2, 0.25) is 5.02 Å². The Morgan fingerprint density at radius 2 is 1.83 bits per heavy atom. The van der Waals surface area contributed by atoms with E-state index < -0.39 is 5.97 Å². The van der Waals surface area contributed by atoms with Gasteiger partial charge in [0.1, 0.15) is 0 Å². The van der Waals surface area contributed by atoms with Gasteiger partial charge < -0.3 is 10.1 Å². The van der Waals surface area contributed by atoms with E-state index in [0.29, 0.717) is 10.7 Å². The van der Waals surface area contributed by atoms with E-state index in [1.54, 1.807) is 30.3 Å². The molecule has 0 aliphatic rings. The molecule has 2 aromatic rings. The number of aromatic amines is 1. The largest absolute Gasteiger partial charge is 0.481 e. The minimum absolute atomic E-state index is 0.236. The summed E-state index contributed by atoms with van der Waals surface area (Å²) in [5, 5.41) is 9.26. The van der Waals surface area contributed by atoms with Crippen LogP contribution in [0.3, 0.4) is 0 Å².